The number of carbonyl (C=O) groups excluding carboxylic acids is 1. The summed E-state index contributed by atoms with van der Waals surface area (Å²) in [6, 6.07) is 6.48. The lowest BCUT2D eigenvalue weighted by Crippen LogP contribution is -2.05. The Labute approximate surface area is 113 Å². The van der Waals surface area contributed by atoms with Gasteiger partial charge >= 0.3 is 0 Å². The van der Waals surface area contributed by atoms with Crippen molar-refractivity contribution in [3.8, 4) is 0 Å². The van der Waals surface area contributed by atoms with Gasteiger partial charge in [0, 0.05) is 16.0 Å². The van der Waals surface area contributed by atoms with Gasteiger partial charge in [-0.15, -0.1) is 23.1 Å². The molecule has 0 fully saturated rings. The summed E-state index contributed by atoms with van der Waals surface area (Å²) < 4.78 is 13.3. The Morgan fingerprint density at radius 1 is 1.44 bits per heavy atom. The molecule has 2 nitrogen and oxygen atoms in total. The van der Waals surface area contributed by atoms with Gasteiger partial charge in [-0.1, -0.05) is 12.1 Å². The number of thiazole rings is 1. The van der Waals surface area contributed by atoms with Crippen LogP contribution in [0.15, 0.2) is 34.5 Å². The average molecular weight is 281 g/mol. The van der Waals surface area contributed by atoms with Gasteiger partial charge in [0.2, 0.25) is 0 Å². The number of hydrogen-bond donors (Lipinski definition) is 0. The fraction of sp³-hybridized carbons (Fsp3) is 0.231. The zero-order chi connectivity index (χ0) is 13.0. The topological polar surface area (TPSA) is 30.0 Å². The SMILES string of the molecule is Cc1csc(CC(=O)CSc2ccccc2F)n1. The largest absolute Gasteiger partial charge is 0.298 e. The molecule has 5 heteroatoms. The molecular formula is C13H12FNOS2. The maximum absolute atomic E-state index is 13.3. The molecule has 18 heavy (non-hydrogen) atoms. The lowest BCUT2D eigenvalue weighted by atomic mass is 10.3. The number of nitrogens with zero attached hydrogens (tertiary/aromatic N) is 1. The highest BCUT2D eigenvalue weighted by Crippen LogP contribution is 2.21. The number of carbonyl (C=O) groups is 1. The van der Waals surface area contributed by atoms with Gasteiger partial charge in [0.25, 0.3) is 0 Å². The molecule has 2 rings (SSSR count). The maximum Gasteiger partial charge on any atom is 0.149 e. The first kappa shape index (κ1) is 13.2. The second-order valence-corrected chi connectivity index (χ2v) is 5.78. The van der Waals surface area contributed by atoms with Crippen LogP contribution in [0, 0.1) is 12.7 Å². The molecule has 0 aliphatic heterocycles. The van der Waals surface area contributed by atoms with Crippen LogP contribution in [0.1, 0.15) is 10.7 Å². The monoisotopic (exact) mass is 281 g/mol. The van der Waals surface area contributed by atoms with Crippen molar-refractivity contribution in [1.82, 2.24) is 4.98 Å². The van der Waals surface area contributed by atoms with Crippen molar-refractivity contribution >= 4 is 28.9 Å². The van der Waals surface area contributed by atoms with Gasteiger partial charge < -0.3 is 0 Å². The van der Waals surface area contributed by atoms with E-state index in [4.69, 9.17) is 0 Å². The van der Waals surface area contributed by atoms with Crippen LogP contribution >= 0.6 is 23.1 Å². The third-order valence-electron chi connectivity index (χ3n) is 2.24. The van der Waals surface area contributed by atoms with Crippen LogP contribution in [0.5, 0.6) is 0 Å². The molecule has 0 bridgehead atoms. The van der Waals surface area contributed by atoms with E-state index in [9.17, 15) is 9.18 Å². The number of hydrogen-bond acceptors (Lipinski definition) is 4. The van der Waals surface area contributed by atoms with Crippen LogP contribution in [0.4, 0.5) is 4.39 Å². The van der Waals surface area contributed by atoms with Crippen LogP contribution in [0.3, 0.4) is 0 Å². The van der Waals surface area contributed by atoms with E-state index in [1.54, 1.807) is 18.2 Å². The van der Waals surface area contributed by atoms with Crippen LogP contribution in [-0.4, -0.2) is 16.5 Å². The first-order chi connectivity index (χ1) is 8.65. The van der Waals surface area contributed by atoms with Gasteiger partial charge in [-0.25, -0.2) is 9.37 Å². The normalized spacial score (nSPS) is 10.6. The predicted molar refractivity (Wildman–Crippen MR) is 72.7 cm³/mol. The Hall–Kier alpha value is -1.20. The van der Waals surface area contributed by atoms with Gasteiger partial charge in [0.15, 0.2) is 0 Å². The van der Waals surface area contributed by atoms with E-state index < -0.39 is 0 Å². The summed E-state index contributed by atoms with van der Waals surface area (Å²) in [5.74, 6) is 0.0672. The Morgan fingerprint density at radius 2 is 2.22 bits per heavy atom. The lowest BCUT2D eigenvalue weighted by molar-refractivity contribution is -0.116. The minimum atomic E-state index is -0.277. The number of ketones is 1. The van der Waals surface area contributed by atoms with Crippen LogP contribution in [0.2, 0.25) is 0 Å². The van der Waals surface area contributed by atoms with E-state index in [-0.39, 0.29) is 17.4 Å². The number of Topliss-reactive ketones (excluding diaryl/α,β-unsaturated/α-hetero) is 1. The number of halogens is 1. The minimum absolute atomic E-state index is 0.0672. The molecule has 0 unspecified atom stereocenters. The summed E-state index contributed by atoms with van der Waals surface area (Å²) >= 11 is 2.72. The van der Waals surface area contributed by atoms with E-state index in [1.807, 2.05) is 12.3 Å². The van der Waals surface area contributed by atoms with Crippen molar-refractivity contribution in [2.75, 3.05) is 5.75 Å². The van der Waals surface area contributed by atoms with Crippen LogP contribution < -0.4 is 0 Å². The van der Waals surface area contributed by atoms with E-state index in [0.717, 1.165) is 10.7 Å². The van der Waals surface area contributed by atoms with Crippen molar-refractivity contribution in [1.29, 1.82) is 0 Å². The molecule has 0 aliphatic rings. The van der Waals surface area contributed by atoms with Crippen molar-refractivity contribution in [3.63, 3.8) is 0 Å². The first-order valence-corrected chi connectivity index (χ1v) is 7.31. The quantitative estimate of drug-likeness (QED) is 0.786. The van der Waals surface area contributed by atoms with E-state index in [2.05, 4.69) is 4.98 Å². The molecule has 1 aromatic heterocycles. The number of rotatable bonds is 5. The molecular weight excluding hydrogens is 269 g/mol. The Morgan fingerprint density at radius 3 is 2.89 bits per heavy atom. The molecule has 94 valence electrons. The van der Waals surface area contributed by atoms with Gasteiger partial charge in [-0.05, 0) is 19.1 Å². The second kappa shape index (κ2) is 6.11. The van der Waals surface area contributed by atoms with E-state index in [0.29, 0.717) is 11.3 Å². The number of aryl methyl sites for hydroxylation is 1. The molecule has 0 atom stereocenters. The second-order valence-electron chi connectivity index (χ2n) is 3.82. The summed E-state index contributed by atoms with van der Waals surface area (Å²) in [5, 5.41) is 2.75. The molecule has 1 aromatic carbocycles. The van der Waals surface area contributed by atoms with Crippen molar-refractivity contribution in [2.24, 2.45) is 0 Å². The lowest BCUT2D eigenvalue weighted by Gasteiger charge is -2.01. The maximum atomic E-state index is 13.3. The zero-order valence-electron chi connectivity index (χ0n) is 9.85. The van der Waals surface area contributed by atoms with Crippen molar-refractivity contribution in [2.45, 2.75) is 18.2 Å². The van der Waals surface area contributed by atoms with Crippen molar-refractivity contribution in [3.05, 3.63) is 46.2 Å². The fourth-order valence-electron chi connectivity index (χ4n) is 1.42. The van der Waals surface area contributed by atoms with E-state index >= 15 is 0 Å². The highest BCUT2D eigenvalue weighted by molar-refractivity contribution is 8.00. The highest BCUT2D eigenvalue weighted by atomic mass is 32.2. The van der Waals surface area contributed by atoms with Crippen LogP contribution in [0.25, 0.3) is 0 Å². The fourth-order valence-corrected chi connectivity index (χ4v) is 3.02. The van der Waals surface area contributed by atoms with Crippen LogP contribution in [-0.2, 0) is 11.2 Å². The van der Waals surface area contributed by atoms with Gasteiger partial charge in [-0.3, -0.25) is 4.79 Å². The molecule has 0 aliphatic carbocycles. The Kier molecular flexibility index (Phi) is 4.49. The molecule has 1 heterocycles. The predicted octanol–water partition coefficient (Wildman–Crippen LogP) is 3.49. The van der Waals surface area contributed by atoms with Gasteiger partial charge in [-0.2, -0.15) is 0 Å². The molecule has 0 saturated carbocycles. The molecule has 0 spiro atoms. The van der Waals surface area contributed by atoms with Gasteiger partial charge in [0.1, 0.15) is 16.6 Å². The Balaban J connectivity index is 1.87. The van der Waals surface area contributed by atoms with Crippen molar-refractivity contribution < 1.29 is 9.18 Å². The zero-order valence-corrected chi connectivity index (χ0v) is 11.5. The first-order valence-electron chi connectivity index (χ1n) is 5.45. The third-order valence-corrected chi connectivity index (χ3v) is 4.32. The summed E-state index contributed by atoms with van der Waals surface area (Å²) in [5.41, 5.74) is 0.935. The Bertz CT molecular complexity index is 553. The molecule has 0 saturated heterocycles. The highest BCUT2D eigenvalue weighted by Gasteiger charge is 2.09. The summed E-state index contributed by atoms with van der Waals surface area (Å²) in [6.45, 7) is 1.90. The average Bonchev–Trinajstić information content (AvgIpc) is 2.74. The van der Waals surface area contributed by atoms with E-state index in [1.165, 1.54) is 29.2 Å². The number of thioether (sulfide) groups is 1. The van der Waals surface area contributed by atoms with Gasteiger partial charge in [0.05, 0.1) is 12.2 Å². The summed E-state index contributed by atoms with van der Waals surface area (Å²) in [7, 11) is 0. The summed E-state index contributed by atoms with van der Waals surface area (Å²) in [6.07, 6.45) is 0.333. The summed E-state index contributed by atoms with van der Waals surface area (Å²) in [4.78, 5) is 16.5. The smallest absolute Gasteiger partial charge is 0.149 e. The third kappa shape index (κ3) is 3.65. The molecule has 0 N–H and O–H groups in total. The molecule has 2 aromatic rings. The minimum Gasteiger partial charge on any atom is -0.298 e. The molecule has 0 radical (unpaired) electrons. The number of aromatic nitrogens is 1. The standard InChI is InChI=1S/C13H12FNOS2/c1-9-7-18-13(15-9)6-10(16)8-17-12-5-3-2-4-11(12)14/h2-5,7H,6,8H2,1H3. The molecule has 0 amide bonds. The number of benzene rings is 1.